The summed E-state index contributed by atoms with van der Waals surface area (Å²) in [4.78, 5) is 13.8. The highest BCUT2D eigenvalue weighted by atomic mass is 16.2. The van der Waals surface area contributed by atoms with Crippen LogP contribution in [0.3, 0.4) is 0 Å². The molecule has 1 rings (SSSR count). The topological polar surface area (TPSA) is 56.1 Å². The molecular weight excluding hydrogens is 190 g/mol. The third-order valence-corrected chi connectivity index (χ3v) is 3.00. The molecule has 1 heterocycles. The second-order valence-electron chi connectivity index (χ2n) is 4.70. The van der Waals surface area contributed by atoms with E-state index in [2.05, 4.69) is 11.4 Å². The standard InChI is InChI=1S/C11H19N3O/c1-9(6-12)7-14(3)10(15)11(2)4-5-13-8-11/h9,13H,4-5,7-8H2,1-3H3. The lowest BCUT2D eigenvalue weighted by atomic mass is 9.88. The number of hydrogen-bond donors (Lipinski definition) is 1. The van der Waals surface area contributed by atoms with Crippen molar-refractivity contribution < 1.29 is 4.79 Å². The SMILES string of the molecule is CC(C#N)CN(C)C(=O)C1(C)CCNC1. The molecule has 1 fully saturated rings. The molecule has 0 aromatic rings. The fraction of sp³-hybridized carbons (Fsp3) is 0.818. The molecule has 0 saturated carbocycles. The van der Waals surface area contributed by atoms with Crippen molar-refractivity contribution >= 4 is 5.91 Å². The van der Waals surface area contributed by atoms with Gasteiger partial charge in [0.05, 0.1) is 17.4 Å². The molecule has 0 aliphatic carbocycles. The van der Waals surface area contributed by atoms with Gasteiger partial charge in [0, 0.05) is 20.1 Å². The molecule has 84 valence electrons. The van der Waals surface area contributed by atoms with Crippen LogP contribution in [-0.2, 0) is 4.79 Å². The van der Waals surface area contributed by atoms with Crippen LogP contribution in [-0.4, -0.2) is 37.5 Å². The Kier molecular flexibility index (Phi) is 3.70. The third kappa shape index (κ3) is 2.69. The molecule has 4 nitrogen and oxygen atoms in total. The minimum Gasteiger partial charge on any atom is -0.344 e. The van der Waals surface area contributed by atoms with Crippen LogP contribution in [0, 0.1) is 22.7 Å². The molecule has 2 unspecified atom stereocenters. The average molecular weight is 209 g/mol. The van der Waals surface area contributed by atoms with Gasteiger partial charge in [0.15, 0.2) is 0 Å². The van der Waals surface area contributed by atoms with Crippen molar-refractivity contribution in [3.05, 3.63) is 0 Å². The molecule has 1 amide bonds. The van der Waals surface area contributed by atoms with Crippen molar-refractivity contribution in [1.82, 2.24) is 10.2 Å². The second-order valence-corrected chi connectivity index (χ2v) is 4.70. The maximum atomic E-state index is 12.1. The Morgan fingerprint density at radius 3 is 2.87 bits per heavy atom. The first kappa shape index (κ1) is 12.0. The normalized spacial score (nSPS) is 27.1. The maximum absolute atomic E-state index is 12.1. The van der Waals surface area contributed by atoms with Gasteiger partial charge in [-0.2, -0.15) is 5.26 Å². The highest BCUT2D eigenvalue weighted by molar-refractivity contribution is 5.82. The molecule has 0 radical (unpaired) electrons. The van der Waals surface area contributed by atoms with Crippen molar-refractivity contribution in [1.29, 1.82) is 5.26 Å². The highest BCUT2D eigenvalue weighted by Gasteiger charge is 2.38. The number of amides is 1. The summed E-state index contributed by atoms with van der Waals surface area (Å²) < 4.78 is 0. The minimum absolute atomic E-state index is 0.100. The molecule has 0 spiro atoms. The Balaban J connectivity index is 2.56. The summed E-state index contributed by atoms with van der Waals surface area (Å²) >= 11 is 0. The largest absolute Gasteiger partial charge is 0.344 e. The van der Waals surface area contributed by atoms with E-state index >= 15 is 0 Å². The van der Waals surface area contributed by atoms with Gasteiger partial charge in [-0.05, 0) is 26.8 Å². The first-order valence-electron chi connectivity index (χ1n) is 5.35. The highest BCUT2D eigenvalue weighted by Crippen LogP contribution is 2.26. The number of carbonyl (C=O) groups excluding carboxylic acids is 1. The van der Waals surface area contributed by atoms with Crippen LogP contribution < -0.4 is 5.32 Å². The third-order valence-electron chi connectivity index (χ3n) is 3.00. The Morgan fingerprint density at radius 2 is 2.40 bits per heavy atom. The summed E-state index contributed by atoms with van der Waals surface area (Å²) in [6, 6.07) is 2.14. The fourth-order valence-electron chi connectivity index (χ4n) is 1.99. The van der Waals surface area contributed by atoms with Crippen molar-refractivity contribution in [2.45, 2.75) is 20.3 Å². The van der Waals surface area contributed by atoms with Gasteiger partial charge in [-0.15, -0.1) is 0 Å². The van der Waals surface area contributed by atoms with E-state index in [1.54, 1.807) is 11.9 Å². The summed E-state index contributed by atoms with van der Waals surface area (Å²) in [6.45, 7) is 5.99. The smallest absolute Gasteiger partial charge is 0.229 e. The minimum atomic E-state index is -0.274. The van der Waals surface area contributed by atoms with Gasteiger partial charge in [-0.25, -0.2) is 0 Å². The van der Waals surface area contributed by atoms with Gasteiger partial charge in [-0.1, -0.05) is 0 Å². The van der Waals surface area contributed by atoms with Crippen LogP contribution in [0.15, 0.2) is 0 Å². The predicted octanol–water partition coefficient (Wildman–Crippen LogP) is 0.604. The van der Waals surface area contributed by atoms with Crippen LogP contribution >= 0.6 is 0 Å². The van der Waals surface area contributed by atoms with E-state index in [-0.39, 0.29) is 17.2 Å². The Bertz CT molecular complexity index is 276. The van der Waals surface area contributed by atoms with Crippen LogP contribution in [0.2, 0.25) is 0 Å². The zero-order valence-electron chi connectivity index (χ0n) is 9.71. The Hall–Kier alpha value is -1.08. The van der Waals surface area contributed by atoms with E-state index in [0.717, 1.165) is 19.5 Å². The Morgan fingerprint density at radius 1 is 1.73 bits per heavy atom. The molecule has 1 N–H and O–H groups in total. The molecule has 0 aromatic carbocycles. The van der Waals surface area contributed by atoms with E-state index in [9.17, 15) is 4.79 Å². The van der Waals surface area contributed by atoms with Gasteiger partial charge >= 0.3 is 0 Å². The first-order valence-corrected chi connectivity index (χ1v) is 5.35. The Labute approximate surface area is 91.2 Å². The molecule has 1 aliphatic heterocycles. The lowest BCUT2D eigenvalue weighted by Gasteiger charge is -2.28. The zero-order valence-corrected chi connectivity index (χ0v) is 9.71. The van der Waals surface area contributed by atoms with Gasteiger partial charge in [0.25, 0.3) is 0 Å². The van der Waals surface area contributed by atoms with Gasteiger partial charge in [0.2, 0.25) is 5.91 Å². The summed E-state index contributed by atoms with van der Waals surface area (Å²) in [5, 5.41) is 11.9. The molecular formula is C11H19N3O. The second kappa shape index (κ2) is 4.63. The van der Waals surface area contributed by atoms with Gasteiger partial charge < -0.3 is 10.2 Å². The van der Waals surface area contributed by atoms with Crippen molar-refractivity contribution in [3.63, 3.8) is 0 Å². The molecule has 0 bridgehead atoms. The zero-order chi connectivity index (χ0) is 11.5. The molecule has 2 atom stereocenters. The number of rotatable bonds is 3. The van der Waals surface area contributed by atoms with Crippen LogP contribution in [0.5, 0.6) is 0 Å². The van der Waals surface area contributed by atoms with E-state index in [4.69, 9.17) is 5.26 Å². The predicted molar refractivity (Wildman–Crippen MR) is 58.0 cm³/mol. The average Bonchev–Trinajstić information content (AvgIpc) is 2.65. The first-order chi connectivity index (χ1) is 6.99. The molecule has 15 heavy (non-hydrogen) atoms. The van der Waals surface area contributed by atoms with Gasteiger partial charge in [0.1, 0.15) is 0 Å². The summed E-state index contributed by atoms with van der Waals surface area (Å²) in [5.41, 5.74) is -0.274. The fourth-order valence-corrected chi connectivity index (χ4v) is 1.99. The quantitative estimate of drug-likeness (QED) is 0.740. The van der Waals surface area contributed by atoms with Crippen LogP contribution in [0.1, 0.15) is 20.3 Å². The summed E-state index contributed by atoms with van der Waals surface area (Å²) in [7, 11) is 1.78. The number of nitriles is 1. The molecule has 0 aromatic heterocycles. The number of nitrogens with one attached hydrogen (secondary N) is 1. The summed E-state index contributed by atoms with van der Waals surface area (Å²) in [5.74, 6) is 0.0477. The lowest BCUT2D eigenvalue weighted by Crippen LogP contribution is -2.43. The molecule has 4 heteroatoms. The van der Waals surface area contributed by atoms with Gasteiger partial charge in [-0.3, -0.25) is 4.79 Å². The van der Waals surface area contributed by atoms with E-state index < -0.39 is 0 Å². The van der Waals surface area contributed by atoms with Crippen LogP contribution in [0.4, 0.5) is 0 Å². The van der Waals surface area contributed by atoms with Crippen molar-refractivity contribution in [2.24, 2.45) is 11.3 Å². The molecule has 1 saturated heterocycles. The van der Waals surface area contributed by atoms with E-state index in [1.807, 2.05) is 13.8 Å². The maximum Gasteiger partial charge on any atom is 0.229 e. The number of nitrogens with zero attached hydrogens (tertiary/aromatic N) is 2. The van der Waals surface area contributed by atoms with Crippen molar-refractivity contribution in [3.8, 4) is 6.07 Å². The van der Waals surface area contributed by atoms with E-state index in [1.165, 1.54) is 0 Å². The summed E-state index contributed by atoms with van der Waals surface area (Å²) in [6.07, 6.45) is 0.886. The van der Waals surface area contributed by atoms with E-state index in [0.29, 0.717) is 6.54 Å². The lowest BCUT2D eigenvalue weighted by molar-refractivity contribution is -0.139. The monoisotopic (exact) mass is 209 g/mol. The molecule has 1 aliphatic rings. The number of carbonyl (C=O) groups is 1. The van der Waals surface area contributed by atoms with Crippen molar-refractivity contribution in [2.75, 3.05) is 26.7 Å². The number of hydrogen-bond acceptors (Lipinski definition) is 3. The van der Waals surface area contributed by atoms with Crippen LogP contribution in [0.25, 0.3) is 0 Å².